The van der Waals surface area contributed by atoms with Gasteiger partial charge in [-0.15, -0.1) is 30.4 Å². The molecule has 1 aromatic rings. The second-order valence-electron chi connectivity index (χ2n) is 5.18. The van der Waals surface area contributed by atoms with Crippen LogP contribution in [0, 0.1) is 18.3 Å². The van der Waals surface area contributed by atoms with Crippen molar-refractivity contribution in [3.8, 4) is 23.8 Å². The van der Waals surface area contributed by atoms with Gasteiger partial charge in [0.15, 0.2) is 17.5 Å². The van der Waals surface area contributed by atoms with Gasteiger partial charge in [0.25, 0.3) is 0 Å². The minimum absolute atomic E-state index is 0. The third-order valence-corrected chi connectivity index (χ3v) is 2.90. The zero-order valence-electron chi connectivity index (χ0n) is 14.2. The predicted molar refractivity (Wildman–Crippen MR) is 106 cm³/mol. The lowest BCUT2D eigenvalue weighted by atomic mass is 10.2. The molecule has 1 aromatic carbocycles. The minimum atomic E-state index is 0. The lowest BCUT2D eigenvalue weighted by Crippen LogP contribution is -2.38. The van der Waals surface area contributed by atoms with E-state index < -0.39 is 0 Å². The fourth-order valence-corrected chi connectivity index (χ4v) is 1.77. The van der Waals surface area contributed by atoms with Crippen LogP contribution in [0.3, 0.4) is 0 Å². The summed E-state index contributed by atoms with van der Waals surface area (Å²) in [4.78, 5) is 4.19. The third-order valence-electron chi connectivity index (χ3n) is 2.90. The molecule has 0 aliphatic carbocycles. The third kappa shape index (κ3) is 7.98. The van der Waals surface area contributed by atoms with Gasteiger partial charge in [0, 0.05) is 20.1 Å². The summed E-state index contributed by atoms with van der Waals surface area (Å²) >= 11 is 0. The van der Waals surface area contributed by atoms with Crippen LogP contribution in [0.25, 0.3) is 0 Å². The van der Waals surface area contributed by atoms with Crippen LogP contribution in [-0.4, -0.2) is 33.3 Å². The Labute approximate surface area is 156 Å². The highest BCUT2D eigenvalue weighted by molar-refractivity contribution is 14.0. The molecular formula is C17H26IN3O2. The molecule has 0 aliphatic heterocycles. The standard InChI is InChI=1S/C17H25N3O2.HI/c1-6-9-22-16-10-14(7-8-15(16)21-5)12-20-17(18-4)19-11-13(2)3;/h1,7-8,10,13H,9,11-12H2,2-5H3,(H2,18,19,20);1H. The smallest absolute Gasteiger partial charge is 0.191 e. The summed E-state index contributed by atoms with van der Waals surface area (Å²) in [5.74, 6) is 5.09. The monoisotopic (exact) mass is 431 g/mol. The van der Waals surface area contributed by atoms with Gasteiger partial charge in [-0.05, 0) is 23.6 Å². The summed E-state index contributed by atoms with van der Waals surface area (Å²) in [7, 11) is 3.36. The van der Waals surface area contributed by atoms with Gasteiger partial charge in [0.2, 0.25) is 0 Å². The largest absolute Gasteiger partial charge is 0.493 e. The SMILES string of the molecule is C#CCOc1cc(CNC(=NC)NCC(C)C)ccc1OC.I. The zero-order chi connectivity index (χ0) is 16.4. The molecule has 0 bridgehead atoms. The molecule has 0 fully saturated rings. The van der Waals surface area contributed by atoms with E-state index in [1.165, 1.54) is 0 Å². The van der Waals surface area contributed by atoms with Gasteiger partial charge in [-0.1, -0.05) is 25.8 Å². The first-order valence-corrected chi connectivity index (χ1v) is 7.28. The lowest BCUT2D eigenvalue weighted by molar-refractivity contribution is 0.330. The van der Waals surface area contributed by atoms with E-state index in [1.807, 2.05) is 18.2 Å². The highest BCUT2D eigenvalue weighted by Crippen LogP contribution is 2.27. The van der Waals surface area contributed by atoms with Crippen molar-refractivity contribution in [3.63, 3.8) is 0 Å². The summed E-state index contributed by atoms with van der Waals surface area (Å²) in [6, 6.07) is 5.76. The topological polar surface area (TPSA) is 54.9 Å². The maximum Gasteiger partial charge on any atom is 0.191 e. The molecule has 0 radical (unpaired) electrons. The summed E-state index contributed by atoms with van der Waals surface area (Å²) < 4.78 is 10.8. The van der Waals surface area contributed by atoms with Crippen LogP contribution in [0.1, 0.15) is 19.4 Å². The number of aliphatic imine (C=N–C) groups is 1. The van der Waals surface area contributed by atoms with E-state index >= 15 is 0 Å². The van der Waals surface area contributed by atoms with Crippen LogP contribution in [0.15, 0.2) is 23.2 Å². The maximum absolute atomic E-state index is 5.50. The molecule has 0 saturated carbocycles. The van der Waals surface area contributed by atoms with Crippen LogP contribution >= 0.6 is 24.0 Å². The Morgan fingerprint density at radius 2 is 2.04 bits per heavy atom. The second kappa shape index (κ2) is 11.9. The Hall–Kier alpha value is -1.62. The minimum Gasteiger partial charge on any atom is -0.493 e. The van der Waals surface area contributed by atoms with Crippen molar-refractivity contribution >= 4 is 29.9 Å². The van der Waals surface area contributed by atoms with E-state index in [0.717, 1.165) is 18.1 Å². The average molecular weight is 431 g/mol. The number of benzene rings is 1. The molecule has 0 saturated heterocycles. The molecular weight excluding hydrogens is 405 g/mol. The number of guanidine groups is 1. The van der Waals surface area contributed by atoms with Crippen molar-refractivity contribution in [2.45, 2.75) is 20.4 Å². The Morgan fingerprint density at radius 3 is 2.61 bits per heavy atom. The summed E-state index contributed by atoms with van der Waals surface area (Å²) in [6.45, 7) is 6.02. The number of hydrogen-bond donors (Lipinski definition) is 2. The summed E-state index contributed by atoms with van der Waals surface area (Å²) in [5, 5.41) is 6.53. The summed E-state index contributed by atoms with van der Waals surface area (Å²) in [5.41, 5.74) is 1.06. The first-order chi connectivity index (χ1) is 10.6. The van der Waals surface area contributed by atoms with Crippen molar-refractivity contribution in [1.29, 1.82) is 0 Å². The molecule has 23 heavy (non-hydrogen) atoms. The van der Waals surface area contributed by atoms with Crippen LogP contribution in [0.2, 0.25) is 0 Å². The number of rotatable bonds is 7. The lowest BCUT2D eigenvalue weighted by Gasteiger charge is -2.15. The fourth-order valence-electron chi connectivity index (χ4n) is 1.77. The maximum atomic E-state index is 5.50. The van der Waals surface area contributed by atoms with Gasteiger partial charge >= 0.3 is 0 Å². The van der Waals surface area contributed by atoms with E-state index in [-0.39, 0.29) is 30.6 Å². The molecule has 0 aliphatic rings. The molecule has 5 nitrogen and oxygen atoms in total. The average Bonchev–Trinajstić information content (AvgIpc) is 2.52. The van der Waals surface area contributed by atoms with Crippen molar-refractivity contribution in [1.82, 2.24) is 10.6 Å². The Kier molecular flexibility index (Phi) is 11.0. The van der Waals surface area contributed by atoms with E-state index in [1.54, 1.807) is 14.2 Å². The van der Waals surface area contributed by atoms with E-state index in [0.29, 0.717) is 24.0 Å². The number of methoxy groups -OCH3 is 1. The highest BCUT2D eigenvalue weighted by atomic mass is 127. The van der Waals surface area contributed by atoms with Crippen molar-refractivity contribution in [2.75, 3.05) is 27.3 Å². The zero-order valence-corrected chi connectivity index (χ0v) is 16.5. The number of nitrogens with one attached hydrogen (secondary N) is 2. The second-order valence-corrected chi connectivity index (χ2v) is 5.18. The van der Waals surface area contributed by atoms with Crippen molar-refractivity contribution < 1.29 is 9.47 Å². The van der Waals surface area contributed by atoms with E-state index in [9.17, 15) is 0 Å². The Balaban J connectivity index is 0.00000484. The van der Waals surface area contributed by atoms with Gasteiger partial charge in [-0.3, -0.25) is 4.99 Å². The first-order valence-electron chi connectivity index (χ1n) is 7.28. The molecule has 1 rings (SSSR count). The van der Waals surface area contributed by atoms with Gasteiger partial charge in [-0.25, -0.2) is 0 Å². The van der Waals surface area contributed by atoms with Gasteiger partial charge in [0.1, 0.15) is 6.61 Å². The van der Waals surface area contributed by atoms with Crippen LogP contribution in [-0.2, 0) is 6.54 Å². The Bertz CT molecular complexity index is 539. The number of hydrogen-bond acceptors (Lipinski definition) is 3. The molecule has 0 atom stereocenters. The molecule has 0 heterocycles. The quantitative estimate of drug-likeness (QED) is 0.302. The van der Waals surface area contributed by atoms with Crippen molar-refractivity contribution in [3.05, 3.63) is 23.8 Å². The Morgan fingerprint density at radius 1 is 1.30 bits per heavy atom. The van der Waals surface area contributed by atoms with Crippen LogP contribution in [0.4, 0.5) is 0 Å². The number of ether oxygens (including phenoxy) is 2. The number of nitrogens with zero attached hydrogens (tertiary/aromatic N) is 1. The molecule has 0 aromatic heterocycles. The highest BCUT2D eigenvalue weighted by Gasteiger charge is 2.06. The molecule has 0 spiro atoms. The number of halogens is 1. The van der Waals surface area contributed by atoms with Crippen LogP contribution < -0.4 is 20.1 Å². The molecule has 2 N–H and O–H groups in total. The number of terminal acetylenes is 1. The van der Waals surface area contributed by atoms with Gasteiger partial charge in [-0.2, -0.15) is 0 Å². The molecule has 128 valence electrons. The van der Waals surface area contributed by atoms with Gasteiger partial charge < -0.3 is 20.1 Å². The molecule has 0 amide bonds. The van der Waals surface area contributed by atoms with Crippen molar-refractivity contribution in [2.24, 2.45) is 10.9 Å². The molecule has 0 unspecified atom stereocenters. The van der Waals surface area contributed by atoms with E-state index in [2.05, 4.69) is 35.4 Å². The normalized spacial score (nSPS) is 10.5. The van der Waals surface area contributed by atoms with Crippen LogP contribution in [0.5, 0.6) is 11.5 Å². The molecule has 6 heteroatoms. The fraction of sp³-hybridized carbons (Fsp3) is 0.471. The van der Waals surface area contributed by atoms with E-state index in [4.69, 9.17) is 15.9 Å². The van der Waals surface area contributed by atoms with Gasteiger partial charge in [0.05, 0.1) is 7.11 Å². The predicted octanol–water partition coefficient (Wildman–Crippen LogP) is 2.65. The summed E-state index contributed by atoms with van der Waals surface area (Å²) in [6.07, 6.45) is 5.23. The first kappa shape index (κ1) is 21.4.